The highest BCUT2D eigenvalue weighted by Gasteiger charge is 2.32. The number of rotatable bonds is 8. The van der Waals surface area contributed by atoms with Gasteiger partial charge in [0.1, 0.15) is 0 Å². The van der Waals surface area contributed by atoms with E-state index in [9.17, 15) is 9.59 Å². The number of carbonyl (C=O) groups excluding carboxylic acids is 1. The second kappa shape index (κ2) is 12.4. The number of hydrogen-bond donors (Lipinski definition) is 1. The number of fused-ring (bicyclic) bond motifs is 1. The molecule has 1 aliphatic heterocycles. The number of para-hydroxylation sites is 1. The van der Waals surface area contributed by atoms with Gasteiger partial charge in [-0.05, 0) is 66.8 Å². The summed E-state index contributed by atoms with van der Waals surface area (Å²) in [5.74, 6) is 0.965. The lowest BCUT2D eigenvalue weighted by Gasteiger charge is -2.25. The zero-order valence-electron chi connectivity index (χ0n) is 24.1. The van der Waals surface area contributed by atoms with E-state index >= 15 is 0 Å². The van der Waals surface area contributed by atoms with Crippen LogP contribution in [0.1, 0.15) is 56.3 Å². The van der Waals surface area contributed by atoms with Gasteiger partial charge in [-0.2, -0.15) is 0 Å². The van der Waals surface area contributed by atoms with Gasteiger partial charge >= 0.3 is 0 Å². The van der Waals surface area contributed by atoms with E-state index in [1.54, 1.807) is 22.8 Å². The van der Waals surface area contributed by atoms with E-state index < -0.39 is 6.04 Å². The smallest absolute Gasteiger partial charge is 0.271 e. The standard InChI is InChI=1S/C33H32ClN3O4S/c1-6-41-26-17-21(16-25(34)30(26)40-5)18-27-32(39)37-29(23-14-12-22(13-15-23)19(2)3)28(20(4)35-33(37)42-27)31(38)36-24-10-8-7-9-11-24/h7-19,29H,6H2,1-5H3,(H,36,38)/b27-18-/t29-/m1/s1. The molecule has 0 fully saturated rings. The maximum absolute atomic E-state index is 14.1. The second-order valence-electron chi connectivity index (χ2n) is 10.2. The molecule has 0 aliphatic carbocycles. The summed E-state index contributed by atoms with van der Waals surface area (Å²) in [5.41, 5.74) is 4.07. The molecule has 1 aromatic heterocycles. The van der Waals surface area contributed by atoms with Gasteiger partial charge in [0.25, 0.3) is 11.5 Å². The molecule has 2 heterocycles. The number of allylic oxidation sites excluding steroid dienone is 1. The van der Waals surface area contributed by atoms with Gasteiger partial charge in [0.15, 0.2) is 16.3 Å². The average Bonchev–Trinajstić information content (AvgIpc) is 3.26. The lowest BCUT2D eigenvalue weighted by Crippen LogP contribution is -2.40. The van der Waals surface area contributed by atoms with Gasteiger partial charge in [0, 0.05) is 5.69 Å². The van der Waals surface area contributed by atoms with Gasteiger partial charge in [0.05, 0.1) is 40.6 Å². The molecule has 1 N–H and O–H groups in total. The number of hydrogen-bond acceptors (Lipinski definition) is 6. The van der Waals surface area contributed by atoms with Crippen LogP contribution in [-0.2, 0) is 4.79 Å². The van der Waals surface area contributed by atoms with Crippen LogP contribution in [0.3, 0.4) is 0 Å². The van der Waals surface area contributed by atoms with Gasteiger partial charge in [-0.15, -0.1) is 0 Å². The SMILES string of the molecule is CCOc1cc(/C=c2\sc3n(c2=O)[C@H](c2ccc(C(C)C)cc2)C(C(=O)Nc2ccccc2)=C(C)N=3)cc(Cl)c1OC. The number of methoxy groups -OCH3 is 1. The highest BCUT2D eigenvalue weighted by Crippen LogP contribution is 2.37. The van der Waals surface area contributed by atoms with Gasteiger partial charge < -0.3 is 14.8 Å². The van der Waals surface area contributed by atoms with Gasteiger partial charge in [-0.25, -0.2) is 4.99 Å². The minimum absolute atomic E-state index is 0.251. The number of carbonyl (C=O) groups is 1. The van der Waals surface area contributed by atoms with Crippen LogP contribution in [0.15, 0.2) is 87.8 Å². The van der Waals surface area contributed by atoms with Crippen molar-refractivity contribution in [3.63, 3.8) is 0 Å². The molecule has 0 radical (unpaired) electrons. The summed E-state index contributed by atoms with van der Waals surface area (Å²) in [6, 6.07) is 20.2. The number of amides is 1. The first-order valence-corrected chi connectivity index (χ1v) is 14.9. The number of benzene rings is 3. The number of anilines is 1. The van der Waals surface area contributed by atoms with Crippen molar-refractivity contribution in [2.45, 2.75) is 39.7 Å². The van der Waals surface area contributed by atoms with Gasteiger partial charge in [-0.1, -0.05) is 79.2 Å². The minimum Gasteiger partial charge on any atom is -0.491 e. The Balaban J connectivity index is 1.67. The predicted octanol–water partition coefficient (Wildman–Crippen LogP) is 6.06. The van der Waals surface area contributed by atoms with Crippen LogP contribution in [-0.4, -0.2) is 24.2 Å². The fourth-order valence-corrected chi connectivity index (χ4v) is 6.34. The largest absolute Gasteiger partial charge is 0.491 e. The summed E-state index contributed by atoms with van der Waals surface area (Å²) < 4.78 is 13.2. The number of halogens is 1. The number of nitrogens with zero attached hydrogens (tertiary/aromatic N) is 2. The molecule has 4 aromatic rings. The van der Waals surface area contributed by atoms with E-state index in [2.05, 4.69) is 19.2 Å². The van der Waals surface area contributed by atoms with Crippen molar-refractivity contribution in [2.75, 3.05) is 19.0 Å². The van der Waals surface area contributed by atoms with Gasteiger partial charge in [-0.3, -0.25) is 14.2 Å². The summed E-state index contributed by atoms with van der Waals surface area (Å²) >= 11 is 7.75. The third-order valence-corrected chi connectivity index (χ3v) is 8.31. The normalized spacial score (nSPS) is 14.9. The maximum Gasteiger partial charge on any atom is 0.271 e. The number of aromatic nitrogens is 1. The van der Waals surface area contributed by atoms with Crippen LogP contribution in [0.5, 0.6) is 11.5 Å². The quantitative estimate of drug-likeness (QED) is 0.266. The fourth-order valence-electron chi connectivity index (χ4n) is 4.99. The summed E-state index contributed by atoms with van der Waals surface area (Å²) in [5, 5.41) is 3.36. The van der Waals surface area contributed by atoms with E-state index in [1.807, 2.05) is 68.4 Å². The second-order valence-corrected chi connectivity index (χ2v) is 11.6. The molecule has 0 bridgehead atoms. The monoisotopic (exact) mass is 601 g/mol. The third-order valence-electron chi connectivity index (χ3n) is 7.05. The van der Waals surface area contributed by atoms with Crippen molar-refractivity contribution in [1.29, 1.82) is 0 Å². The van der Waals surface area contributed by atoms with Crippen LogP contribution in [0, 0.1) is 0 Å². The Morgan fingerprint density at radius 1 is 1.14 bits per heavy atom. The summed E-state index contributed by atoms with van der Waals surface area (Å²) in [7, 11) is 1.53. The van der Waals surface area contributed by atoms with E-state index in [1.165, 1.54) is 24.0 Å². The number of nitrogens with one attached hydrogen (secondary N) is 1. The lowest BCUT2D eigenvalue weighted by atomic mass is 9.93. The van der Waals surface area contributed by atoms with Crippen LogP contribution < -0.4 is 29.7 Å². The molecule has 1 amide bonds. The molecule has 5 rings (SSSR count). The van der Waals surface area contributed by atoms with Crippen molar-refractivity contribution in [3.8, 4) is 11.5 Å². The molecular weight excluding hydrogens is 570 g/mol. The van der Waals surface area contributed by atoms with Crippen LogP contribution >= 0.6 is 22.9 Å². The number of thiazole rings is 1. The van der Waals surface area contributed by atoms with Crippen molar-refractivity contribution >= 4 is 40.6 Å². The van der Waals surface area contributed by atoms with Crippen molar-refractivity contribution in [3.05, 3.63) is 119 Å². The molecule has 42 heavy (non-hydrogen) atoms. The highest BCUT2D eigenvalue weighted by molar-refractivity contribution is 7.07. The molecule has 3 aromatic carbocycles. The Labute approximate surface area is 253 Å². The molecule has 9 heteroatoms. The fraction of sp³-hybridized carbons (Fsp3) is 0.242. The van der Waals surface area contributed by atoms with Crippen molar-refractivity contribution in [2.24, 2.45) is 4.99 Å². The predicted molar refractivity (Wildman–Crippen MR) is 169 cm³/mol. The average molecular weight is 602 g/mol. The molecule has 216 valence electrons. The number of ether oxygens (including phenoxy) is 2. The van der Waals surface area contributed by atoms with Crippen LogP contribution in [0.25, 0.3) is 6.08 Å². The van der Waals surface area contributed by atoms with Crippen molar-refractivity contribution < 1.29 is 14.3 Å². The third kappa shape index (κ3) is 5.78. The molecule has 0 unspecified atom stereocenters. The first-order valence-electron chi connectivity index (χ1n) is 13.7. The zero-order chi connectivity index (χ0) is 30.0. The minimum atomic E-state index is -0.660. The molecule has 7 nitrogen and oxygen atoms in total. The lowest BCUT2D eigenvalue weighted by molar-refractivity contribution is -0.113. The Bertz CT molecular complexity index is 1840. The van der Waals surface area contributed by atoms with E-state index in [-0.39, 0.29) is 11.5 Å². The molecular formula is C33H32ClN3O4S. The summed E-state index contributed by atoms with van der Waals surface area (Å²) in [4.78, 5) is 33.1. The Morgan fingerprint density at radius 3 is 2.50 bits per heavy atom. The Kier molecular flexibility index (Phi) is 8.66. The molecule has 0 saturated heterocycles. The molecule has 1 atom stereocenters. The topological polar surface area (TPSA) is 81.9 Å². The van der Waals surface area contributed by atoms with E-state index in [4.69, 9.17) is 26.1 Å². The first-order chi connectivity index (χ1) is 20.2. The summed E-state index contributed by atoms with van der Waals surface area (Å²) in [6.45, 7) is 8.37. The summed E-state index contributed by atoms with van der Waals surface area (Å²) in [6.07, 6.45) is 1.76. The van der Waals surface area contributed by atoms with E-state index in [0.717, 1.165) is 5.56 Å². The first kappa shape index (κ1) is 29.4. The highest BCUT2D eigenvalue weighted by atomic mass is 35.5. The van der Waals surface area contributed by atoms with Gasteiger partial charge in [0.2, 0.25) is 0 Å². The molecule has 0 spiro atoms. The zero-order valence-corrected chi connectivity index (χ0v) is 25.7. The maximum atomic E-state index is 14.1. The molecule has 1 aliphatic rings. The Hall–Kier alpha value is -4.14. The van der Waals surface area contributed by atoms with Crippen LogP contribution in [0.2, 0.25) is 5.02 Å². The Morgan fingerprint density at radius 2 is 1.86 bits per heavy atom. The van der Waals surface area contributed by atoms with E-state index in [0.29, 0.717) is 60.9 Å². The molecule has 0 saturated carbocycles. The van der Waals surface area contributed by atoms with Crippen LogP contribution in [0.4, 0.5) is 5.69 Å². The van der Waals surface area contributed by atoms with Crippen molar-refractivity contribution in [1.82, 2.24) is 4.57 Å².